The Morgan fingerprint density at radius 1 is 1.41 bits per heavy atom. The monoisotopic (exact) mass is 310 g/mol. The number of alkyl halides is 3. The molecule has 1 amide bonds. The quantitative estimate of drug-likeness (QED) is 0.898. The molecule has 0 aliphatic rings. The largest absolute Gasteiger partial charge is 0.416 e. The molecule has 0 aliphatic heterocycles. The number of nitrogens with two attached hydrogens (primary N) is 1. The van der Waals surface area contributed by atoms with Crippen LogP contribution in [0.25, 0.3) is 0 Å². The van der Waals surface area contributed by atoms with Crippen molar-refractivity contribution in [2.75, 3.05) is 11.9 Å². The van der Waals surface area contributed by atoms with Gasteiger partial charge in [0.05, 0.1) is 5.56 Å². The van der Waals surface area contributed by atoms with Gasteiger partial charge in [-0.05, 0) is 34.1 Å². The Balaban J connectivity index is 2.80. The van der Waals surface area contributed by atoms with Crippen LogP contribution in [-0.4, -0.2) is 12.5 Å². The van der Waals surface area contributed by atoms with Gasteiger partial charge in [-0.3, -0.25) is 4.79 Å². The number of benzene rings is 1. The first-order valence-electron chi connectivity index (χ1n) is 4.69. The fraction of sp³-hybridized carbons (Fsp3) is 0.300. The van der Waals surface area contributed by atoms with Crippen molar-refractivity contribution in [2.24, 2.45) is 5.73 Å². The molecular weight excluding hydrogens is 301 g/mol. The Hall–Kier alpha value is -1.24. The van der Waals surface area contributed by atoms with Crippen LogP contribution in [0.15, 0.2) is 22.7 Å². The van der Waals surface area contributed by atoms with Crippen molar-refractivity contribution in [3.8, 4) is 0 Å². The highest BCUT2D eigenvalue weighted by atomic mass is 79.9. The fourth-order valence-corrected chi connectivity index (χ4v) is 1.54. The zero-order valence-electron chi connectivity index (χ0n) is 8.64. The molecule has 0 saturated carbocycles. The molecule has 1 aromatic carbocycles. The maximum Gasteiger partial charge on any atom is 0.416 e. The predicted octanol–water partition coefficient (Wildman–Crippen LogP) is 2.76. The van der Waals surface area contributed by atoms with Gasteiger partial charge < -0.3 is 11.1 Å². The van der Waals surface area contributed by atoms with Gasteiger partial charge in [0.2, 0.25) is 5.91 Å². The van der Waals surface area contributed by atoms with E-state index in [9.17, 15) is 18.0 Å². The molecule has 0 aliphatic carbocycles. The summed E-state index contributed by atoms with van der Waals surface area (Å²) in [6, 6.07) is 3.25. The van der Waals surface area contributed by atoms with Crippen molar-refractivity contribution in [2.45, 2.75) is 12.6 Å². The summed E-state index contributed by atoms with van der Waals surface area (Å²) in [6.07, 6.45) is -4.33. The zero-order valence-corrected chi connectivity index (χ0v) is 10.2. The number of carbonyl (C=O) groups excluding carboxylic acids is 1. The van der Waals surface area contributed by atoms with E-state index in [1.807, 2.05) is 0 Å². The van der Waals surface area contributed by atoms with Gasteiger partial charge >= 0.3 is 6.18 Å². The molecule has 0 atom stereocenters. The van der Waals surface area contributed by atoms with Crippen molar-refractivity contribution in [1.82, 2.24) is 0 Å². The van der Waals surface area contributed by atoms with E-state index >= 15 is 0 Å². The Kier molecular flexibility index (Phi) is 4.39. The predicted molar refractivity (Wildman–Crippen MR) is 61.4 cm³/mol. The Morgan fingerprint density at radius 3 is 2.59 bits per heavy atom. The minimum absolute atomic E-state index is 0.0582. The zero-order chi connectivity index (χ0) is 13.1. The molecule has 1 rings (SSSR count). The highest BCUT2D eigenvalue weighted by Crippen LogP contribution is 2.33. The van der Waals surface area contributed by atoms with E-state index in [1.54, 1.807) is 0 Å². The van der Waals surface area contributed by atoms with Crippen LogP contribution in [0, 0.1) is 0 Å². The van der Waals surface area contributed by atoms with Crippen molar-refractivity contribution < 1.29 is 18.0 Å². The summed E-state index contributed by atoms with van der Waals surface area (Å²) in [7, 11) is 0. The minimum Gasteiger partial charge on any atom is -0.384 e. The van der Waals surface area contributed by atoms with Gasteiger partial charge in [0, 0.05) is 23.1 Å². The first-order valence-corrected chi connectivity index (χ1v) is 5.49. The van der Waals surface area contributed by atoms with Gasteiger partial charge in [-0.25, -0.2) is 0 Å². The number of nitrogens with one attached hydrogen (secondary N) is 1. The van der Waals surface area contributed by atoms with E-state index in [-0.39, 0.29) is 18.7 Å². The molecule has 0 spiro atoms. The van der Waals surface area contributed by atoms with Crippen LogP contribution in [-0.2, 0) is 11.0 Å². The van der Waals surface area contributed by atoms with Gasteiger partial charge in [0.1, 0.15) is 0 Å². The average Bonchev–Trinajstić information content (AvgIpc) is 2.18. The van der Waals surface area contributed by atoms with Crippen LogP contribution in [0.2, 0.25) is 0 Å². The summed E-state index contributed by atoms with van der Waals surface area (Å²) in [6.45, 7) is 0.190. The third-order valence-corrected chi connectivity index (χ3v) is 2.67. The molecule has 0 aromatic heterocycles. The van der Waals surface area contributed by atoms with Crippen molar-refractivity contribution in [1.29, 1.82) is 0 Å². The summed E-state index contributed by atoms with van der Waals surface area (Å²) in [5, 5.41) is 2.71. The third-order valence-electron chi connectivity index (χ3n) is 1.98. The molecule has 94 valence electrons. The lowest BCUT2D eigenvalue weighted by Crippen LogP contribution is -2.16. The van der Waals surface area contributed by atoms with E-state index in [2.05, 4.69) is 21.2 Å². The Bertz CT molecular complexity index is 421. The third kappa shape index (κ3) is 4.26. The molecule has 0 bridgehead atoms. The number of amides is 1. The number of hydrogen-bond donors (Lipinski definition) is 2. The van der Waals surface area contributed by atoms with Gasteiger partial charge in [0.15, 0.2) is 0 Å². The minimum atomic E-state index is -4.39. The number of hydrogen-bond acceptors (Lipinski definition) is 2. The van der Waals surface area contributed by atoms with Gasteiger partial charge in [0.25, 0.3) is 0 Å². The summed E-state index contributed by atoms with van der Waals surface area (Å²) in [5.41, 5.74) is 4.45. The van der Waals surface area contributed by atoms with E-state index in [0.29, 0.717) is 4.47 Å². The van der Waals surface area contributed by atoms with E-state index in [4.69, 9.17) is 5.73 Å². The Labute approximate surface area is 104 Å². The highest BCUT2D eigenvalue weighted by molar-refractivity contribution is 9.10. The first-order chi connectivity index (χ1) is 7.80. The van der Waals surface area contributed by atoms with Crippen LogP contribution < -0.4 is 11.1 Å². The number of carbonyl (C=O) groups is 1. The second kappa shape index (κ2) is 5.39. The van der Waals surface area contributed by atoms with Crippen molar-refractivity contribution in [3.63, 3.8) is 0 Å². The van der Waals surface area contributed by atoms with Gasteiger partial charge in [-0.2, -0.15) is 13.2 Å². The first kappa shape index (κ1) is 13.8. The topological polar surface area (TPSA) is 55.1 Å². The number of halogens is 4. The summed E-state index contributed by atoms with van der Waals surface area (Å²) < 4.78 is 37.8. The molecule has 1 aromatic rings. The van der Waals surface area contributed by atoms with Crippen LogP contribution >= 0.6 is 15.9 Å². The molecule has 0 unspecified atom stereocenters. The van der Waals surface area contributed by atoms with E-state index < -0.39 is 17.6 Å². The van der Waals surface area contributed by atoms with Crippen LogP contribution in [0.3, 0.4) is 0 Å². The molecule has 17 heavy (non-hydrogen) atoms. The number of anilines is 1. The molecular formula is C10H10BrF3N2O. The SMILES string of the molecule is NC(=O)CCNc1cc(C(F)(F)F)ccc1Br. The van der Waals surface area contributed by atoms with E-state index in [0.717, 1.165) is 12.1 Å². The molecule has 0 fully saturated rings. The summed E-state index contributed by atoms with van der Waals surface area (Å²) in [4.78, 5) is 10.5. The Morgan fingerprint density at radius 2 is 2.06 bits per heavy atom. The molecule has 0 radical (unpaired) electrons. The van der Waals surface area contributed by atoms with Crippen molar-refractivity contribution >= 4 is 27.5 Å². The summed E-state index contributed by atoms with van der Waals surface area (Å²) in [5.74, 6) is -0.513. The molecule has 7 heteroatoms. The van der Waals surface area contributed by atoms with Crippen LogP contribution in [0.5, 0.6) is 0 Å². The standard InChI is InChI=1S/C10H10BrF3N2O/c11-7-2-1-6(10(12,13)14)5-8(7)16-4-3-9(15)17/h1-2,5,16H,3-4H2,(H2,15,17). The maximum atomic E-state index is 12.4. The highest BCUT2D eigenvalue weighted by Gasteiger charge is 2.30. The molecule has 3 N–H and O–H groups in total. The summed E-state index contributed by atoms with van der Waals surface area (Å²) >= 11 is 3.12. The van der Waals surface area contributed by atoms with Gasteiger partial charge in [-0.1, -0.05) is 0 Å². The number of primary amides is 1. The normalized spacial score (nSPS) is 11.3. The van der Waals surface area contributed by atoms with Crippen molar-refractivity contribution in [3.05, 3.63) is 28.2 Å². The fourth-order valence-electron chi connectivity index (χ4n) is 1.16. The second-order valence-corrected chi connectivity index (χ2v) is 4.19. The van der Waals surface area contributed by atoms with Crippen LogP contribution in [0.4, 0.5) is 18.9 Å². The maximum absolute atomic E-state index is 12.4. The number of rotatable bonds is 4. The van der Waals surface area contributed by atoms with E-state index in [1.165, 1.54) is 6.07 Å². The van der Waals surface area contributed by atoms with Crippen LogP contribution in [0.1, 0.15) is 12.0 Å². The molecule has 0 heterocycles. The lowest BCUT2D eigenvalue weighted by atomic mass is 10.2. The molecule has 3 nitrogen and oxygen atoms in total. The lowest BCUT2D eigenvalue weighted by Gasteiger charge is -2.12. The average molecular weight is 311 g/mol. The van der Waals surface area contributed by atoms with Gasteiger partial charge in [-0.15, -0.1) is 0 Å². The lowest BCUT2D eigenvalue weighted by molar-refractivity contribution is -0.137. The second-order valence-electron chi connectivity index (χ2n) is 3.34. The smallest absolute Gasteiger partial charge is 0.384 e. The molecule has 0 saturated heterocycles.